The zero-order valence-corrected chi connectivity index (χ0v) is 16.6. The molecule has 2 aliphatic carbocycles. The summed E-state index contributed by atoms with van der Waals surface area (Å²) in [5.74, 6) is 1.92. The van der Waals surface area contributed by atoms with Crippen LogP contribution in [0.4, 0.5) is 4.39 Å². The van der Waals surface area contributed by atoms with Crippen molar-refractivity contribution in [1.29, 1.82) is 0 Å². The van der Waals surface area contributed by atoms with Crippen molar-refractivity contribution in [1.82, 2.24) is 16.3 Å². The average Bonchev–Trinajstić information content (AvgIpc) is 3.28. The van der Waals surface area contributed by atoms with Crippen LogP contribution in [0.3, 0.4) is 0 Å². The highest BCUT2D eigenvalue weighted by atomic mass is 32.2. The molecule has 4 aliphatic rings. The van der Waals surface area contributed by atoms with Gasteiger partial charge in [0.25, 0.3) is 0 Å². The quantitative estimate of drug-likeness (QED) is 0.673. The maximum absolute atomic E-state index is 13.3. The van der Waals surface area contributed by atoms with Crippen molar-refractivity contribution in [3.8, 4) is 0 Å². The van der Waals surface area contributed by atoms with Crippen LogP contribution >= 0.6 is 11.8 Å². The van der Waals surface area contributed by atoms with Gasteiger partial charge in [-0.2, -0.15) is 17.2 Å². The fourth-order valence-electron chi connectivity index (χ4n) is 5.07. The number of hydrogen-bond donors (Lipinski definition) is 3. The summed E-state index contributed by atoms with van der Waals surface area (Å²) in [5, 5.41) is 0.580. The van der Waals surface area contributed by atoms with Crippen molar-refractivity contribution in [2.45, 2.75) is 101 Å². The van der Waals surface area contributed by atoms with Gasteiger partial charge in [-0.3, -0.25) is 4.84 Å². The lowest BCUT2D eigenvalue weighted by molar-refractivity contribution is -0.0228. The van der Waals surface area contributed by atoms with Crippen LogP contribution in [0, 0.1) is 11.8 Å². The van der Waals surface area contributed by atoms with Crippen molar-refractivity contribution in [2.24, 2.45) is 11.8 Å². The van der Waals surface area contributed by atoms with Gasteiger partial charge in [0.15, 0.2) is 0 Å². The topological polar surface area (TPSA) is 54.5 Å². The molecule has 4 fully saturated rings. The number of hydroxylamine groups is 1. The molecule has 0 bridgehead atoms. The van der Waals surface area contributed by atoms with Crippen molar-refractivity contribution in [2.75, 3.05) is 5.75 Å². The summed E-state index contributed by atoms with van der Waals surface area (Å²) in [4.78, 5) is 5.81. The van der Waals surface area contributed by atoms with E-state index in [2.05, 4.69) is 23.3 Å². The third-order valence-corrected chi connectivity index (χ3v) is 8.08. The first-order valence-corrected chi connectivity index (χ1v) is 11.6. The Morgan fingerprint density at radius 3 is 2.54 bits per heavy atom. The summed E-state index contributed by atoms with van der Waals surface area (Å²) in [6.07, 6.45) is 9.64. The van der Waals surface area contributed by atoms with Gasteiger partial charge < -0.3 is 4.74 Å². The zero-order valence-electron chi connectivity index (χ0n) is 15.8. The van der Waals surface area contributed by atoms with Crippen LogP contribution in [-0.4, -0.2) is 41.8 Å². The van der Waals surface area contributed by atoms with Gasteiger partial charge in [0.05, 0.1) is 6.10 Å². The number of hydrazine groups is 1. The molecule has 7 heteroatoms. The van der Waals surface area contributed by atoms with E-state index in [1.165, 1.54) is 32.1 Å². The van der Waals surface area contributed by atoms with E-state index in [-0.39, 0.29) is 18.6 Å². The van der Waals surface area contributed by atoms with Gasteiger partial charge in [-0.05, 0) is 51.4 Å². The highest BCUT2D eigenvalue weighted by Crippen LogP contribution is 2.37. The molecule has 2 heterocycles. The smallest absolute Gasteiger partial charge is 0.131 e. The molecule has 2 saturated carbocycles. The highest BCUT2D eigenvalue weighted by molar-refractivity contribution is 7.99. The molecule has 5 atom stereocenters. The largest absolute Gasteiger partial charge is 0.341 e. The molecule has 0 aromatic carbocycles. The molecule has 150 valence electrons. The first-order valence-electron chi connectivity index (χ1n) is 10.5. The lowest BCUT2D eigenvalue weighted by Gasteiger charge is -2.33. The minimum atomic E-state index is -0.577. The van der Waals surface area contributed by atoms with Crippen LogP contribution in [0.1, 0.15) is 64.7 Å². The molecule has 2 saturated heterocycles. The molecular formula is C19H34FN3O2S. The third-order valence-electron chi connectivity index (χ3n) is 6.64. The van der Waals surface area contributed by atoms with Gasteiger partial charge in [-0.1, -0.05) is 19.3 Å². The normalized spacial score (nSPS) is 45.2. The number of alkyl halides is 1. The maximum atomic E-state index is 13.3. The average molecular weight is 388 g/mol. The third kappa shape index (κ3) is 4.55. The Labute approximate surface area is 160 Å². The van der Waals surface area contributed by atoms with E-state index >= 15 is 0 Å². The number of halogens is 1. The number of rotatable bonds is 5. The minimum absolute atomic E-state index is 0.0147. The van der Waals surface area contributed by atoms with Gasteiger partial charge in [0.2, 0.25) is 0 Å². The monoisotopic (exact) mass is 387 g/mol. The predicted octanol–water partition coefficient (Wildman–Crippen LogP) is 3.27. The van der Waals surface area contributed by atoms with E-state index in [9.17, 15) is 4.39 Å². The molecule has 4 rings (SSSR count). The molecule has 5 unspecified atom stereocenters. The van der Waals surface area contributed by atoms with Crippen molar-refractivity contribution >= 4 is 11.8 Å². The molecule has 2 aliphatic heterocycles. The fraction of sp³-hybridized carbons (Fsp3) is 1.00. The summed E-state index contributed by atoms with van der Waals surface area (Å²) in [6, 6.07) is 0.371. The predicted molar refractivity (Wildman–Crippen MR) is 102 cm³/mol. The second-order valence-corrected chi connectivity index (χ2v) is 9.82. The Morgan fingerprint density at radius 1 is 1.00 bits per heavy atom. The zero-order chi connectivity index (χ0) is 17.9. The molecule has 26 heavy (non-hydrogen) atoms. The number of hydrogen-bond acceptors (Lipinski definition) is 6. The highest BCUT2D eigenvalue weighted by Gasteiger charge is 2.47. The van der Waals surface area contributed by atoms with Crippen LogP contribution in [0.25, 0.3) is 0 Å². The van der Waals surface area contributed by atoms with Crippen LogP contribution in [0.5, 0.6) is 0 Å². The first-order chi connectivity index (χ1) is 12.7. The standard InChI is InChI=1S/C19H34FN3O2S/c1-12-17(18(23-25-12)13-5-3-2-4-6-13)19-22-21-16(24-19)11-26-15-9-7-14(20)8-10-15/h12-19,21-23H,2-11H2,1H3. The van der Waals surface area contributed by atoms with Crippen molar-refractivity contribution in [3.05, 3.63) is 0 Å². The van der Waals surface area contributed by atoms with Crippen molar-refractivity contribution in [3.63, 3.8) is 0 Å². The summed E-state index contributed by atoms with van der Waals surface area (Å²) in [6.45, 7) is 2.14. The Morgan fingerprint density at radius 2 is 1.77 bits per heavy atom. The van der Waals surface area contributed by atoms with Crippen LogP contribution in [-0.2, 0) is 9.57 Å². The summed E-state index contributed by atoms with van der Waals surface area (Å²) >= 11 is 1.93. The minimum Gasteiger partial charge on any atom is -0.341 e. The number of ether oxygens (including phenoxy) is 1. The van der Waals surface area contributed by atoms with Crippen molar-refractivity contribution < 1.29 is 14.0 Å². The van der Waals surface area contributed by atoms with Crippen LogP contribution in [0.15, 0.2) is 0 Å². The van der Waals surface area contributed by atoms with E-state index in [0.717, 1.165) is 31.4 Å². The summed E-state index contributed by atoms with van der Waals surface area (Å²) in [5.41, 5.74) is 10.0. The Kier molecular flexibility index (Phi) is 6.75. The maximum Gasteiger partial charge on any atom is 0.131 e. The van der Waals surface area contributed by atoms with Gasteiger partial charge >= 0.3 is 0 Å². The van der Waals surface area contributed by atoms with E-state index in [1.54, 1.807) is 0 Å². The molecule has 0 radical (unpaired) electrons. The van der Waals surface area contributed by atoms with Gasteiger partial charge in [0.1, 0.15) is 18.6 Å². The fourth-order valence-corrected chi connectivity index (χ4v) is 6.29. The lowest BCUT2D eigenvalue weighted by atomic mass is 9.77. The molecule has 0 amide bonds. The molecule has 0 aromatic rings. The van der Waals surface area contributed by atoms with E-state index in [1.807, 2.05) is 11.8 Å². The van der Waals surface area contributed by atoms with Gasteiger partial charge in [-0.15, -0.1) is 0 Å². The van der Waals surface area contributed by atoms with Gasteiger partial charge in [0, 0.05) is 23.0 Å². The molecule has 0 aromatic heterocycles. The van der Waals surface area contributed by atoms with Gasteiger partial charge in [-0.25, -0.2) is 15.2 Å². The Hall–Kier alpha value is 0.0800. The van der Waals surface area contributed by atoms with Crippen LogP contribution < -0.4 is 16.3 Å². The molecule has 5 nitrogen and oxygen atoms in total. The molecule has 3 N–H and O–H groups in total. The Balaban J connectivity index is 1.26. The Bertz CT molecular complexity index is 447. The SMILES string of the molecule is CC1ONC(C2CCCCC2)C1C1NNC(CSC2CCC(F)CC2)O1. The number of thioether (sulfide) groups is 1. The summed E-state index contributed by atoms with van der Waals surface area (Å²) < 4.78 is 19.6. The second kappa shape index (κ2) is 9.05. The first kappa shape index (κ1) is 19.4. The lowest BCUT2D eigenvalue weighted by Crippen LogP contribution is -2.47. The second-order valence-electron chi connectivity index (χ2n) is 8.48. The number of nitrogens with one attached hydrogen (secondary N) is 3. The van der Waals surface area contributed by atoms with E-state index in [0.29, 0.717) is 23.1 Å². The summed E-state index contributed by atoms with van der Waals surface area (Å²) in [7, 11) is 0. The molecular weight excluding hydrogens is 353 g/mol. The molecule has 0 spiro atoms. The van der Waals surface area contributed by atoms with Crippen LogP contribution in [0.2, 0.25) is 0 Å². The van der Waals surface area contributed by atoms with E-state index < -0.39 is 6.17 Å². The van der Waals surface area contributed by atoms with E-state index in [4.69, 9.17) is 9.57 Å².